The number of nitrogens with one attached hydrogen (secondary N) is 1. The minimum absolute atomic E-state index is 0.0966. The third-order valence-electron chi connectivity index (χ3n) is 2.47. The molecular weight excluding hydrogens is 269 g/mol. The lowest BCUT2D eigenvalue weighted by Gasteiger charge is -2.09. The highest BCUT2D eigenvalue weighted by Gasteiger charge is 2.13. The maximum atomic E-state index is 13.6. The number of aromatic nitrogens is 1. The zero-order valence-electron chi connectivity index (χ0n) is 10.1. The lowest BCUT2D eigenvalue weighted by atomic mass is 10.1. The number of nitrogens with two attached hydrogens (primary N) is 1. The van der Waals surface area contributed by atoms with Gasteiger partial charge in [0.05, 0.1) is 17.8 Å². The van der Waals surface area contributed by atoms with E-state index in [1.54, 1.807) is 0 Å². The van der Waals surface area contributed by atoms with E-state index in [1.807, 2.05) is 12.3 Å². The zero-order valence-corrected chi connectivity index (χ0v) is 10.9. The van der Waals surface area contributed by atoms with E-state index in [0.29, 0.717) is 6.54 Å². The standard InChI is InChI=1S/C12H12FN3O2S/c1-6-5-19-11(16-6)4-15-10-2-7(12(17)18)9(14)3-8(10)13/h2-3,5,15H,4,14H2,1H3,(H,17,18). The monoisotopic (exact) mass is 281 g/mol. The van der Waals surface area contributed by atoms with E-state index in [2.05, 4.69) is 10.3 Å². The van der Waals surface area contributed by atoms with Crippen LogP contribution in [0.5, 0.6) is 0 Å². The van der Waals surface area contributed by atoms with Gasteiger partial charge < -0.3 is 16.2 Å². The first kappa shape index (κ1) is 13.3. The SMILES string of the molecule is Cc1csc(CNc2cc(C(=O)O)c(N)cc2F)n1. The van der Waals surface area contributed by atoms with Gasteiger partial charge in [0, 0.05) is 16.8 Å². The van der Waals surface area contributed by atoms with Crippen LogP contribution < -0.4 is 11.1 Å². The number of anilines is 2. The highest BCUT2D eigenvalue weighted by Crippen LogP contribution is 2.23. The van der Waals surface area contributed by atoms with Crippen molar-refractivity contribution < 1.29 is 14.3 Å². The van der Waals surface area contributed by atoms with E-state index in [4.69, 9.17) is 10.8 Å². The Labute approximate surface area is 112 Å². The molecule has 1 aromatic carbocycles. The molecule has 0 atom stereocenters. The van der Waals surface area contributed by atoms with Gasteiger partial charge in [-0.1, -0.05) is 0 Å². The van der Waals surface area contributed by atoms with Gasteiger partial charge in [0.1, 0.15) is 10.8 Å². The molecule has 0 saturated heterocycles. The molecule has 0 bridgehead atoms. The first-order valence-corrected chi connectivity index (χ1v) is 6.32. The van der Waals surface area contributed by atoms with Crippen LogP contribution in [0.3, 0.4) is 0 Å². The molecule has 2 rings (SSSR count). The molecule has 2 aromatic rings. The second kappa shape index (κ2) is 5.23. The predicted molar refractivity (Wildman–Crippen MR) is 71.9 cm³/mol. The average Bonchev–Trinajstić information content (AvgIpc) is 2.73. The van der Waals surface area contributed by atoms with Gasteiger partial charge in [-0.3, -0.25) is 0 Å². The Hall–Kier alpha value is -2.15. The first-order chi connectivity index (χ1) is 8.97. The topological polar surface area (TPSA) is 88.2 Å². The molecule has 0 aliphatic heterocycles. The second-order valence-electron chi connectivity index (χ2n) is 3.96. The van der Waals surface area contributed by atoms with E-state index in [0.717, 1.165) is 16.8 Å². The van der Waals surface area contributed by atoms with Gasteiger partial charge in [-0.2, -0.15) is 0 Å². The summed E-state index contributed by atoms with van der Waals surface area (Å²) >= 11 is 1.45. The fourth-order valence-corrected chi connectivity index (χ4v) is 2.28. The lowest BCUT2D eigenvalue weighted by molar-refractivity contribution is 0.0698. The molecular formula is C12H12FN3O2S. The summed E-state index contributed by atoms with van der Waals surface area (Å²) in [5.74, 6) is -1.78. The summed E-state index contributed by atoms with van der Waals surface area (Å²) in [6.45, 7) is 2.20. The maximum absolute atomic E-state index is 13.6. The number of aromatic carboxylic acids is 1. The van der Waals surface area contributed by atoms with Crippen LogP contribution in [-0.2, 0) is 6.54 Å². The maximum Gasteiger partial charge on any atom is 0.337 e. The van der Waals surface area contributed by atoms with Crippen molar-refractivity contribution in [2.45, 2.75) is 13.5 Å². The molecule has 0 unspecified atom stereocenters. The molecule has 0 radical (unpaired) electrons. The first-order valence-electron chi connectivity index (χ1n) is 5.44. The van der Waals surface area contributed by atoms with Crippen molar-refractivity contribution in [3.05, 3.63) is 39.6 Å². The lowest BCUT2D eigenvalue weighted by Crippen LogP contribution is -2.07. The minimum Gasteiger partial charge on any atom is -0.478 e. The van der Waals surface area contributed by atoms with Crippen molar-refractivity contribution >= 4 is 28.7 Å². The van der Waals surface area contributed by atoms with Crippen molar-refractivity contribution in [1.29, 1.82) is 0 Å². The van der Waals surface area contributed by atoms with Crippen molar-refractivity contribution in [3.63, 3.8) is 0 Å². The highest BCUT2D eigenvalue weighted by molar-refractivity contribution is 7.09. The van der Waals surface area contributed by atoms with Crippen LogP contribution in [0.15, 0.2) is 17.5 Å². The zero-order chi connectivity index (χ0) is 14.0. The summed E-state index contributed by atoms with van der Waals surface area (Å²) in [6, 6.07) is 2.19. The van der Waals surface area contributed by atoms with Gasteiger partial charge in [0.2, 0.25) is 0 Å². The fraction of sp³-hybridized carbons (Fsp3) is 0.167. The Morgan fingerprint density at radius 3 is 2.89 bits per heavy atom. The smallest absolute Gasteiger partial charge is 0.337 e. The summed E-state index contributed by atoms with van der Waals surface area (Å²) in [5, 5.41) is 14.4. The van der Waals surface area contributed by atoms with E-state index < -0.39 is 11.8 Å². The van der Waals surface area contributed by atoms with Crippen LogP contribution in [0.25, 0.3) is 0 Å². The van der Waals surface area contributed by atoms with Crippen molar-refractivity contribution in [1.82, 2.24) is 4.98 Å². The number of halogens is 1. The van der Waals surface area contributed by atoms with Crippen LogP contribution in [0.4, 0.5) is 15.8 Å². The van der Waals surface area contributed by atoms with Crippen molar-refractivity contribution in [2.75, 3.05) is 11.1 Å². The number of carboxylic acid groups (broad SMARTS) is 1. The van der Waals surface area contributed by atoms with E-state index in [1.165, 1.54) is 17.4 Å². The summed E-state index contributed by atoms with van der Waals surface area (Å²) in [4.78, 5) is 15.1. The Morgan fingerprint density at radius 1 is 1.58 bits per heavy atom. The molecule has 5 nitrogen and oxygen atoms in total. The van der Waals surface area contributed by atoms with E-state index in [9.17, 15) is 9.18 Å². The third-order valence-corrected chi connectivity index (χ3v) is 3.43. The molecule has 0 fully saturated rings. The van der Waals surface area contributed by atoms with Crippen LogP contribution in [0.1, 0.15) is 21.1 Å². The number of carbonyl (C=O) groups is 1. The molecule has 100 valence electrons. The average molecular weight is 281 g/mol. The van der Waals surface area contributed by atoms with Gasteiger partial charge in [0.15, 0.2) is 0 Å². The van der Waals surface area contributed by atoms with Crippen LogP contribution in [0, 0.1) is 12.7 Å². The normalized spacial score (nSPS) is 10.4. The second-order valence-corrected chi connectivity index (χ2v) is 4.90. The summed E-state index contributed by atoms with van der Waals surface area (Å²) in [7, 11) is 0. The van der Waals surface area contributed by atoms with E-state index >= 15 is 0 Å². The number of carboxylic acids is 1. The van der Waals surface area contributed by atoms with Crippen molar-refractivity contribution in [3.8, 4) is 0 Å². The molecule has 0 aliphatic rings. The van der Waals surface area contributed by atoms with Gasteiger partial charge in [-0.15, -0.1) is 11.3 Å². The Kier molecular flexibility index (Phi) is 3.66. The number of aryl methyl sites for hydroxylation is 1. The summed E-state index contributed by atoms with van der Waals surface area (Å²) < 4.78 is 13.6. The molecule has 1 heterocycles. The Bertz CT molecular complexity index is 627. The molecule has 7 heteroatoms. The predicted octanol–water partition coefficient (Wildman–Crippen LogP) is 2.48. The van der Waals surface area contributed by atoms with E-state index in [-0.39, 0.29) is 16.9 Å². The Balaban J connectivity index is 2.20. The van der Waals surface area contributed by atoms with Gasteiger partial charge in [0.25, 0.3) is 0 Å². The van der Waals surface area contributed by atoms with Crippen LogP contribution in [-0.4, -0.2) is 16.1 Å². The number of nitrogens with zero attached hydrogens (tertiary/aromatic N) is 1. The van der Waals surface area contributed by atoms with Gasteiger partial charge in [-0.05, 0) is 19.1 Å². The third kappa shape index (κ3) is 3.00. The number of thiazole rings is 1. The molecule has 1 aromatic heterocycles. The molecule has 0 spiro atoms. The quantitative estimate of drug-likeness (QED) is 0.749. The van der Waals surface area contributed by atoms with Gasteiger partial charge in [-0.25, -0.2) is 14.2 Å². The summed E-state index contributed by atoms with van der Waals surface area (Å²) in [5.41, 5.74) is 6.21. The molecule has 0 amide bonds. The van der Waals surface area contributed by atoms with Crippen LogP contribution in [0.2, 0.25) is 0 Å². The number of rotatable bonds is 4. The van der Waals surface area contributed by atoms with Gasteiger partial charge >= 0.3 is 5.97 Å². The molecule has 19 heavy (non-hydrogen) atoms. The molecule has 0 aliphatic carbocycles. The Morgan fingerprint density at radius 2 is 2.32 bits per heavy atom. The molecule has 4 N–H and O–H groups in total. The fourth-order valence-electron chi connectivity index (χ4n) is 1.56. The van der Waals surface area contributed by atoms with Crippen molar-refractivity contribution in [2.24, 2.45) is 0 Å². The number of hydrogen-bond donors (Lipinski definition) is 3. The number of nitrogen functional groups attached to an aromatic ring is 1. The minimum atomic E-state index is -1.19. The summed E-state index contributed by atoms with van der Waals surface area (Å²) in [6.07, 6.45) is 0. The number of benzene rings is 1. The molecule has 0 saturated carbocycles. The number of hydrogen-bond acceptors (Lipinski definition) is 5. The highest BCUT2D eigenvalue weighted by atomic mass is 32.1. The van der Waals surface area contributed by atoms with Crippen LogP contribution >= 0.6 is 11.3 Å². The largest absolute Gasteiger partial charge is 0.478 e.